The highest BCUT2D eigenvalue weighted by Gasteiger charge is 2.21. The first-order chi connectivity index (χ1) is 26.5. The standard InChI is InChI=1S/C45H86NO8P/c1-6-8-10-12-14-16-18-20-22-23-24-26-28-30-32-34-36-38-45(48)54-43(42-53-55(49,50)52-40-39-46(3,4)5)41-51-44(47)37-35-33-31-29-27-25-21-19-17-15-13-11-9-7-2/h19-22,43H,6-18,23-42H2,1-5H3/b21-19-,22-20-. The maximum Gasteiger partial charge on any atom is 0.306 e. The molecule has 0 fully saturated rings. The van der Waals surface area contributed by atoms with E-state index in [1.54, 1.807) is 0 Å². The average Bonchev–Trinajstić information content (AvgIpc) is 3.13. The highest BCUT2D eigenvalue weighted by Crippen LogP contribution is 2.38. The third-order valence-electron chi connectivity index (χ3n) is 9.69. The van der Waals surface area contributed by atoms with Gasteiger partial charge in [-0.15, -0.1) is 0 Å². The van der Waals surface area contributed by atoms with Crippen molar-refractivity contribution in [3.8, 4) is 0 Å². The van der Waals surface area contributed by atoms with Crippen molar-refractivity contribution in [2.75, 3.05) is 47.5 Å². The summed E-state index contributed by atoms with van der Waals surface area (Å²) in [6.45, 7) is 4.21. The number of quaternary nitrogens is 1. The largest absolute Gasteiger partial charge is 0.756 e. The normalized spacial score (nSPS) is 13.8. The van der Waals surface area contributed by atoms with E-state index in [4.69, 9.17) is 18.5 Å². The van der Waals surface area contributed by atoms with Gasteiger partial charge in [0.05, 0.1) is 27.7 Å². The molecule has 0 bridgehead atoms. The maximum atomic E-state index is 12.7. The van der Waals surface area contributed by atoms with Gasteiger partial charge in [-0.3, -0.25) is 14.2 Å². The third kappa shape index (κ3) is 41.9. The van der Waals surface area contributed by atoms with Gasteiger partial charge in [0.1, 0.15) is 19.8 Å². The zero-order valence-electron chi connectivity index (χ0n) is 36.4. The number of carbonyl (C=O) groups is 2. The number of phosphoric acid groups is 1. The van der Waals surface area contributed by atoms with Crippen molar-refractivity contribution >= 4 is 19.8 Å². The van der Waals surface area contributed by atoms with Crippen LogP contribution in [0.2, 0.25) is 0 Å². The Hall–Kier alpha value is -1.51. The van der Waals surface area contributed by atoms with E-state index in [2.05, 4.69) is 38.2 Å². The summed E-state index contributed by atoms with van der Waals surface area (Å²) in [5, 5.41) is 0. The Kier molecular flexibility index (Phi) is 37.0. The number of unbranched alkanes of at least 4 members (excludes halogenated alkanes) is 23. The molecule has 0 spiro atoms. The van der Waals surface area contributed by atoms with Crippen LogP contribution in [0.15, 0.2) is 24.3 Å². The Labute approximate surface area is 339 Å². The molecule has 0 aliphatic heterocycles. The van der Waals surface area contributed by atoms with Crippen LogP contribution >= 0.6 is 7.82 Å². The quantitative estimate of drug-likeness (QED) is 0.0198. The number of esters is 2. The van der Waals surface area contributed by atoms with E-state index in [0.717, 1.165) is 64.2 Å². The molecule has 0 heterocycles. The minimum Gasteiger partial charge on any atom is -0.756 e. The van der Waals surface area contributed by atoms with Crippen LogP contribution in [0.5, 0.6) is 0 Å². The van der Waals surface area contributed by atoms with Crippen LogP contribution in [-0.2, 0) is 32.7 Å². The number of phosphoric ester groups is 1. The lowest BCUT2D eigenvalue weighted by Crippen LogP contribution is -2.37. The second kappa shape index (κ2) is 38.0. The Morgan fingerprint density at radius 3 is 1.35 bits per heavy atom. The van der Waals surface area contributed by atoms with Crippen molar-refractivity contribution in [3.05, 3.63) is 24.3 Å². The molecule has 2 unspecified atom stereocenters. The number of hydrogen-bond acceptors (Lipinski definition) is 8. The molecule has 9 nitrogen and oxygen atoms in total. The molecule has 0 aliphatic carbocycles. The first-order valence-corrected chi connectivity index (χ1v) is 24.0. The van der Waals surface area contributed by atoms with Crippen LogP contribution in [0.3, 0.4) is 0 Å². The Morgan fingerprint density at radius 2 is 0.927 bits per heavy atom. The van der Waals surface area contributed by atoms with Gasteiger partial charge in [0.2, 0.25) is 0 Å². The SMILES string of the molecule is CCCCCCC/C=C\CCCCCCCC(=O)OCC(COP(=O)([O-])OCC[N+](C)(C)C)OC(=O)CCCCCCCCC/C=C\CCCCCCCC. The van der Waals surface area contributed by atoms with E-state index in [-0.39, 0.29) is 26.1 Å². The minimum absolute atomic E-state index is 0.0318. The summed E-state index contributed by atoms with van der Waals surface area (Å²) in [6.07, 6.45) is 40.5. The molecule has 324 valence electrons. The summed E-state index contributed by atoms with van der Waals surface area (Å²) >= 11 is 0. The van der Waals surface area contributed by atoms with Crippen molar-refractivity contribution in [1.82, 2.24) is 0 Å². The number of carbonyl (C=O) groups excluding carboxylic acids is 2. The van der Waals surface area contributed by atoms with Gasteiger partial charge >= 0.3 is 11.9 Å². The van der Waals surface area contributed by atoms with Crippen LogP contribution in [0.25, 0.3) is 0 Å². The number of allylic oxidation sites excluding steroid dienone is 4. The Balaban J connectivity index is 4.35. The molecule has 0 radical (unpaired) electrons. The molecule has 10 heteroatoms. The molecule has 0 aromatic heterocycles. The fourth-order valence-electron chi connectivity index (χ4n) is 6.11. The Bertz CT molecular complexity index is 996. The first kappa shape index (κ1) is 53.5. The molecular formula is C45H86NO8P. The van der Waals surface area contributed by atoms with Gasteiger partial charge in [-0.1, -0.05) is 147 Å². The van der Waals surface area contributed by atoms with Gasteiger partial charge < -0.3 is 27.9 Å². The maximum absolute atomic E-state index is 12.7. The predicted molar refractivity (Wildman–Crippen MR) is 227 cm³/mol. The first-order valence-electron chi connectivity index (χ1n) is 22.5. The number of ether oxygens (including phenoxy) is 2. The van der Waals surface area contributed by atoms with Crippen LogP contribution in [0.4, 0.5) is 0 Å². The topological polar surface area (TPSA) is 111 Å². The summed E-state index contributed by atoms with van der Waals surface area (Å²) in [4.78, 5) is 37.5. The lowest BCUT2D eigenvalue weighted by molar-refractivity contribution is -0.870. The highest BCUT2D eigenvalue weighted by atomic mass is 31.2. The molecule has 0 rings (SSSR count). The van der Waals surface area contributed by atoms with Gasteiger partial charge in [0, 0.05) is 12.8 Å². The molecule has 0 saturated carbocycles. The van der Waals surface area contributed by atoms with Gasteiger partial charge in [0.25, 0.3) is 7.82 Å². The van der Waals surface area contributed by atoms with Gasteiger partial charge in [-0.05, 0) is 64.2 Å². The molecule has 0 aromatic carbocycles. The summed E-state index contributed by atoms with van der Waals surface area (Å²) in [7, 11) is 1.16. The molecule has 55 heavy (non-hydrogen) atoms. The summed E-state index contributed by atoms with van der Waals surface area (Å²) in [5.41, 5.74) is 0. The average molecular weight is 800 g/mol. The number of nitrogens with zero attached hydrogens (tertiary/aromatic N) is 1. The van der Waals surface area contributed by atoms with E-state index in [9.17, 15) is 19.0 Å². The van der Waals surface area contributed by atoms with Gasteiger partial charge in [0.15, 0.2) is 6.10 Å². The fraction of sp³-hybridized carbons (Fsp3) is 0.867. The summed E-state index contributed by atoms with van der Waals surface area (Å²) in [5.74, 6) is -0.845. The third-order valence-corrected chi connectivity index (χ3v) is 10.7. The van der Waals surface area contributed by atoms with Gasteiger partial charge in [-0.2, -0.15) is 0 Å². The molecule has 0 amide bonds. The van der Waals surface area contributed by atoms with E-state index < -0.39 is 32.5 Å². The van der Waals surface area contributed by atoms with Crippen molar-refractivity contribution < 1.29 is 42.1 Å². The summed E-state index contributed by atoms with van der Waals surface area (Å²) in [6, 6.07) is 0. The molecule has 0 saturated heterocycles. The van der Waals surface area contributed by atoms with Crippen molar-refractivity contribution in [1.29, 1.82) is 0 Å². The molecular weight excluding hydrogens is 713 g/mol. The second-order valence-electron chi connectivity index (χ2n) is 16.4. The predicted octanol–water partition coefficient (Wildman–Crippen LogP) is 12.1. The van der Waals surface area contributed by atoms with Crippen molar-refractivity contribution in [2.24, 2.45) is 0 Å². The van der Waals surface area contributed by atoms with E-state index in [1.807, 2.05) is 21.1 Å². The lowest BCUT2D eigenvalue weighted by Gasteiger charge is -2.28. The Morgan fingerprint density at radius 1 is 0.545 bits per heavy atom. The molecule has 0 aliphatic rings. The van der Waals surface area contributed by atoms with Crippen molar-refractivity contribution in [3.63, 3.8) is 0 Å². The van der Waals surface area contributed by atoms with E-state index >= 15 is 0 Å². The van der Waals surface area contributed by atoms with Crippen molar-refractivity contribution in [2.45, 2.75) is 206 Å². The van der Waals surface area contributed by atoms with Gasteiger partial charge in [-0.25, -0.2) is 0 Å². The summed E-state index contributed by atoms with van der Waals surface area (Å²) < 4.78 is 33.9. The van der Waals surface area contributed by atoms with E-state index in [1.165, 1.54) is 103 Å². The second-order valence-corrected chi connectivity index (χ2v) is 17.8. The molecule has 2 atom stereocenters. The van der Waals surface area contributed by atoms with Crippen LogP contribution in [0, 0.1) is 0 Å². The zero-order chi connectivity index (χ0) is 40.7. The lowest BCUT2D eigenvalue weighted by atomic mass is 10.1. The highest BCUT2D eigenvalue weighted by molar-refractivity contribution is 7.45. The fourth-order valence-corrected chi connectivity index (χ4v) is 6.84. The van der Waals surface area contributed by atoms with Crippen LogP contribution in [-0.4, -0.2) is 70.0 Å². The number of hydrogen-bond donors (Lipinski definition) is 0. The molecule has 0 aromatic rings. The van der Waals surface area contributed by atoms with Crippen LogP contribution in [0.1, 0.15) is 200 Å². The monoisotopic (exact) mass is 800 g/mol. The minimum atomic E-state index is -4.62. The smallest absolute Gasteiger partial charge is 0.306 e. The number of rotatable bonds is 41. The van der Waals surface area contributed by atoms with E-state index in [0.29, 0.717) is 17.4 Å². The van der Waals surface area contributed by atoms with Crippen LogP contribution < -0.4 is 4.89 Å². The zero-order valence-corrected chi connectivity index (χ0v) is 37.3. The molecule has 0 N–H and O–H groups in total. The number of likely N-dealkylation sites (N-methyl/N-ethyl adjacent to an activating group) is 1.